The maximum Gasteiger partial charge on any atom is 0.527 e. The SMILES string of the molecule is CCCCCCCCC(CCOCC(F)(F)OC(F)(F)C(F)(F)OC(F)(F)C(F)(F)OC(F)(F)F)CCc1ccc(-c2ncccn2)cc1. The molecule has 0 radical (unpaired) electrons. The number of unbranched alkanes of at least 4 members (excludes halogenated alkanes) is 5. The van der Waals surface area contributed by atoms with Gasteiger partial charge in [-0.1, -0.05) is 76.1 Å². The molecule has 280 valence electrons. The topological polar surface area (TPSA) is 62.7 Å². The van der Waals surface area contributed by atoms with Gasteiger partial charge in [0.05, 0.1) is 0 Å². The molecule has 0 N–H and O–H groups in total. The van der Waals surface area contributed by atoms with Crippen molar-refractivity contribution >= 4 is 0 Å². The Morgan fingerprint density at radius 2 is 1.14 bits per heavy atom. The van der Waals surface area contributed by atoms with Crippen LogP contribution in [0.4, 0.5) is 57.1 Å². The van der Waals surface area contributed by atoms with E-state index in [1.54, 1.807) is 23.2 Å². The van der Waals surface area contributed by atoms with Crippen LogP contribution in [0.25, 0.3) is 11.4 Å². The highest BCUT2D eigenvalue weighted by Gasteiger charge is 2.74. The summed E-state index contributed by atoms with van der Waals surface area (Å²) in [7, 11) is 0. The van der Waals surface area contributed by atoms with Gasteiger partial charge in [-0.05, 0) is 36.8 Å². The van der Waals surface area contributed by atoms with E-state index in [2.05, 4.69) is 26.4 Å². The quantitative estimate of drug-likeness (QED) is 0.0837. The summed E-state index contributed by atoms with van der Waals surface area (Å²) >= 11 is 0. The average Bonchev–Trinajstić information content (AvgIpc) is 2.97. The van der Waals surface area contributed by atoms with E-state index < -0.39 is 50.1 Å². The van der Waals surface area contributed by atoms with Crippen LogP contribution in [0.5, 0.6) is 0 Å². The summed E-state index contributed by atoms with van der Waals surface area (Å²) in [6.45, 7) is -0.543. The molecule has 1 unspecified atom stereocenters. The van der Waals surface area contributed by atoms with Crippen molar-refractivity contribution in [2.75, 3.05) is 13.2 Å². The van der Waals surface area contributed by atoms with Gasteiger partial charge < -0.3 is 4.74 Å². The molecule has 2 rings (SSSR count). The third kappa shape index (κ3) is 14.5. The molecular formula is C30H35F13N2O4. The number of aryl methyl sites for hydroxylation is 1. The molecular weight excluding hydrogens is 699 g/mol. The number of nitrogens with zero attached hydrogens (tertiary/aromatic N) is 2. The lowest BCUT2D eigenvalue weighted by atomic mass is 9.91. The number of hydrogen-bond donors (Lipinski definition) is 0. The number of benzene rings is 1. The molecule has 1 atom stereocenters. The van der Waals surface area contributed by atoms with Crippen molar-refractivity contribution in [3.8, 4) is 11.4 Å². The first-order valence-electron chi connectivity index (χ1n) is 15.1. The second-order valence-electron chi connectivity index (χ2n) is 11.0. The maximum absolute atomic E-state index is 14.0. The van der Waals surface area contributed by atoms with Crippen molar-refractivity contribution in [2.45, 2.75) is 108 Å². The normalized spacial score (nSPS) is 14.3. The van der Waals surface area contributed by atoms with E-state index in [1.807, 2.05) is 29.0 Å². The van der Waals surface area contributed by atoms with Gasteiger partial charge >= 0.3 is 36.9 Å². The predicted molar refractivity (Wildman–Crippen MR) is 147 cm³/mol. The Labute approximate surface area is 273 Å². The van der Waals surface area contributed by atoms with Crippen molar-refractivity contribution in [2.24, 2.45) is 5.92 Å². The van der Waals surface area contributed by atoms with Crippen LogP contribution in [0.15, 0.2) is 42.7 Å². The summed E-state index contributed by atoms with van der Waals surface area (Å²) in [6, 6.07) is 9.05. The molecule has 0 amide bonds. The first-order chi connectivity index (χ1) is 22.6. The van der Waals surface area contributed by atoms with Gasteiger partial charge in [0.1, 0.15) is 6.61 Å². The fourth-order valence-corrected chi connectivity index (χ4v) is 4.49. The Hall–Kier alpha value is -2.77. The van der Waals surface area contributed by atoms with Crippen molar-refractivity contribution in [3.63, 3.8) is 0 Å². The van der Waals surface area contributed by atoms with Crippen LogP contribution in [0, 0.1) is 5.92 Å². The van der Waals surface area contributed by atoms with Crippen molar-refractivity contribution in [1.82, 2.24) is 9.97 Å². The van der Waals surface area contributed by atoms with Crippen LogP contribution >= 0.6 is 0 Å². The highest BCUT2D eigenvalue weighted by molar-refractivity contribution is 5.54. The van der Waals surface area contributed by atoms with Gasteiger partial charge in [-0.25, -0.2) is 24.2 Å². The van der Waals surface area contributed by atoms with Crippen LogP contribution in [0.3, 0.4) is 0 Å². The molecule has 0 aliphatic rings. The number of aromatic nitrogens is 2. The predicted octanol–water partition coefficient (Wildman–Crippen LogP) is 10.4. The molecule has 0 aliphatic carbocycles. The van der Waals surface area contributed by atoms with E-state index in [1.165, 1.54) is 0 Å². The largest absolute Gasteiger partial charge is 0.527 e. The summed E-state index contributed by atoms with van der Waals surface area (Å²) in [5.41, 5.74) is 1.72. The molecule has 0 aliphatic heterocycles. The molecule has 0 spiro atoms. The van der Waals surface area contributed by atoms with Gasteiger partial charge in [-0.3, -0.25) is 0 Å². The zero-order valence-electron chi connectivity index (χ0n) is 26.0. The molecule has 49 heavy (non-hydrogen) atoms. The van der Waals surface area contributed by atoms with Crippen LogP contribution in [0.2, 0.25) is 0 Å². The minimum absolute atomic E-state index is 0.111. The lowest BCUT2D eigenvalue weighted by Crippen LogP contribution is -2.57. The fourth-order valence-electron chi connectivity index (χ4n) is 4.49. The number of ether oxygens (including phenoxy) is 4. The molecule has 0 bridgehead atoms. The summed E-state index contributed by atoms with van der Waals surface area (Å²) in [4.78, 5) is 8.34. The van der Waals surface area contributed by atoms with Crippen molar-refractivity contribution < 1.29 is 76.0 Å². The fraction of sp³-hybridized carbons (Fsp3) is 0.667. The molecule has 0 fully saturated rings. The van der Waals surface area contributed by atoms with Crippen LogP contribution in [-0.2, 0) is 25.4 Å². The van der Waals surface area contributed by atoms with Gasteiger partial charge in [0, 0.05) is 24.6 Å². The van der Waals surface area contributed by atoms with Gasteiger partial charge in [0.25, 0.3) is 0 Å². The number of alkyl halides is 13. The minimum Gasteiger partial charge on any atom is -0.372 e. The van der Waals surface area contributed by atoms with E-state index in [4.69, 9.17) is 0 Å². The van der Waals surface area contributed by atoms with Gasteiger partial charge in [-0.15, -0.1) is 13.2 Å². The molecule has 1 aromatic carbocycles. The summed E-state index contributed by atoms with van der Waals surface area (Å²) < 4.78 is 182. The molecule has 19 heteroatoms. The number of halogens is 13. The average molecular weight is 735 g/mol. The number of rotatable bonds is 23. The van der Waals surface area contributed by atoms with Crippen molar-refractivity contribution in [3.05, 3.63) is 48.3 Å². The first kappa shape index (κ1) is 42.4. The second-order valence-corrected chi connectivity index (χ2v) is 11.0. The van der Waals surface area contributed by atoms with Gasteiger partial charge in [0.2, 0.25) is 0 Å². The highest BCUT2D eigenvalue weighted by atomic mass is 19.4. The van der Waals surface area contributed by atoms with Gasteiger partial charge in [-0.2, -0.15) is 43.9 Å². The summed E-state index contributed by atoms with van der Waals surface area (Å²) in [5, 5.41) is 0. The zero-order chi connectivity index (χ0) is 37.0. The monoisotopic (exact) mass is 734 g/mol. The number of hydrogen-bond acceptors (Lipinski definition) is 6. The van der Waals surface area contributed by atoms with Crippen LogP contribution in [-0.4, -0.2) is 60.1 Å². The summed E-state index contributed by atoms with van der Waals surface area (Å²) in [6.07, 6.45) is -28.8. The van der Waals surface area contributed by atoms with E-state index in [9.17, 15) is 57.1 Å². The Balaban J connectivity index is 1.96. The molecule has 6 nitrogen and oxygen atoms in total. The standard InChI is InChI=1S/C30H35F13N2O4/c1-2-3-4-5-6-7-9-21(10-11-22-12-14-23(15-13-22)24-44-17-8-18-45-24)16-19-46-20-25(31,32)47-26(33,34)27(35,36)48-28(37,38)29(39,40)49-30(41,42)43/h8,12-15,17-18,21H,2-7,9-11,16,19-20H2,1H3. The second kappa shape index (κ2) is 17.9. The Bertz CT molecular complexity index is 1230. The van der Waals surface area contributed by atoms with Crippen LogP contribution in [0.1, 0.15) is 70.3 Å². The third-order valence-electron chi connectivity index (χ3n) is 6.98. The Morgan fingerprint density at radius 3 is 1.71 bits per heavy atom. The molecule has 1 heterocycles. The van der Waals surface area contributed by atoms with Crippen molar-refractivity contribution in [1.29, 1.82) is 0 Å². The van der Waals surface area contributed by atoms with E-state index in [0.29, 0.717) is 25.1 Å². The lowest BCUT2D eigenvalue weighted by Gasteiger charge is -2.33. The molecule has 2 aromatic rings. The highest BCUT2D eigenvalue weighted by Crippen LogP contribution is 2.48. The molecule has 0 saturated carbocycles. The first-order valence-corrected chi connectivity index (χ1v) is 15.1. The zero-order valence-corrected chi connectivity index (χ0v) is 26.0. The Morgan fingerprint density at radius 1 is 0.612 bits per heavy atom. The lowest BCUT2D eigenvalue weighted by molar-refractivity contribution is -0.564. The maximum atomic E-state index is 14.0. The van der Waals surface area contributed by atoms with E-state index in [0.717, 1.165) is 49.7 Å². The molecule has 0 saturated heterocycles. The summed E-state index contributed by atoms with van der Waals surface area (Å²) in [5.74, 6) is 0.414. The minimum atomic E-state index is -7.09. The Kier molecular flexibility index (Phi) is 15.5. The van der Waals surface area contributed by atoms with E-state index >= 15 is 0 Å². The smallest absolute Gasteiger partial charge is 0.372 e. The van der Waals surface area contributed by atoms with Gasteiger partial charge in [0.15, 0.2) is 5.82 Å². The molecule has 1 aromatic heterocycles. The van der Waals surface area contributed by atoms with Crippen LogP contribution < -0.4 is 0 Å². The third-order valence-corrected chi connectivity index (χ3v) is 6.98. The van der Waals surface area contributed by atoms with E-state index in [-0.39, 0.29) is 12.3 Å².